The molecule has 8 heteroatoms. The van der Waals surface area contributed by atoms with E-state index in [-0.39, 0.29) is 19.0 Å². The van der Waals surface area contributed by atoms with Crippen molar-refractivity contribution in [2.75, 3.05) is 24.6 Å². The molecular formula is C10H16N4O4. The number of aromatic nitrogens is 3. The third kappa shape index (κ3) is 3.72. The molecule has 18 heavy (non-hydrogen) atoms. The van der Waals surface area contributed by atoms with Crippen LogP contribution in [0.25, 0.3) is 0 Å². The quantitative estimate of drug-likeness (QED) is 0.647. The average molecular weight is 256 g/mol. The van der Waals surface area contributed by atoms with E-state index >= 15 is 0 Å². The van der Waals surface area contributed by atoms with Gasteiger partial charge < -0.3 is 9.64 Å². The summed E-state index contributed by atoms with van der Waals surface area (Å²) in [6, 6.07) is 0. The summed E-state index contributed by atoms with van der Waals surface area (Å²) >= 11 is 0. The number of carbonyl (C=O) groups excluding carboxylic acids is 1. The monoisotopic (exact) mass is 256 g/mol. The zero-order chi connectivity index (χ0) is 13.5. The highest BCUT2D eigenvalue weighted by atomic mass is 16.5. The fourth-order valence-corrected chi connectivity index (χ4v) is 1.45. The van der Waals surface area contributed by atoms with Crippen LogP contribution in [-0.2, 0) is 9.53 Å². The minimum absolute atomic E-state index is 0.00417. The molecule has 0 spiro atoms. The third-order valence-corrected chi connectivity index (χ3v) is 2.11. The Morgan fingerprint density at radius 3 is 2.67 bits per heavy atom. The van der Waals surface area contributed by atoms with E-state index in [1.807, 2.05) is 6.92 Å². The van der Waals surface area contributed by atoms with Crippen LogP contribution in [0.3, 0.4) is 0 Å². The van der Waals surface area contributed by atoms with E-state index in [1.165, 1.54) is 4.90 Å². The van der Waals surface area contributed by atoms with Crippen molar-refractivity contribution in [2.24, 2.45) is 0 Å². The van der Waals surface area contributed by atoms with Crippen LogP contribution in [0.5, 0.6) is 0 Å². The molecule has 0 aliphatic rings. The van der Waals surface area contributed by atoms with Gasteiger partial charge in [-0.15, -0.1) is 5.10 Å². The van der Waals surface area contributed by atoms with Crippen molar-refractivity contribution in [1.82, 2.24) is 15.2 Å². The number of hydrogen-bond acceptors (Lipinski definition) is 6. The summed E-state index contributed by atoms with van der Waals surface area (Å²) in [6.07, 6.45) is 0.722. The number of H-pyrrole nitrogens is 2. The highest BCUT2D eigenvalue weighted by Gasteiger charge is 2.16. The molecule has 0 atom stereocenters. The van der Waals surface area contributed by atoms with Gasteiger partial charge in [0.1, 0.15) is 6.54 Å². The molecule has 1 rings (SSSR count). The van der Waals surface area contributed by atoms with Gasteiger partial charge >= 0.3 is 11.7 Å². The number of rotatable bonds is 6. The van der Waals surface area contributed by atoms with Crippen LogP contribution in [0.2, 0.25) is 0 Å². The summed E-state index contributed by atoms with van der Waals surface area (Å²) in [7, 11) is 0. The van der Waals surface area contributed by atoms with Gasteiger partial charge in [-0.2, -0.15) is 0 Å². The Kier molecular flexibility index (Phi) is 5.09. The van der Waals surface area contributed by atoms with Gasteiger partial charge in [0.25, 0.3) is 5.56 Å². The molecule has 1 heterocycles. The van der Waals surface area contributed by atoms with Crippen molar-refractivity contribution >= 4 is 11.8 Å². The Hall–Kier alpha value is -2.12. The third-order valence-electron chi connectivity index (χ3n) is 2.11. The number of nitrogens with zero attached hydrogens (tertiary/aromatic N) is 2. The highest BCUT2D eigenvalue weighted by molar-refractivity contribution is 5.75. The molecule has 1 aromatic rings. The highest BCUT2D eigenvalue weighted by Crippen LogP contribution is 2.02. The lowest BCUT2D eigenvalue weighted by atomic mass is 10.4. The first-order valence-corrected chi connectivity index (χ1v) is 5.68. The predicted molar refractivity (Wildman–Crippen MR) is 64.6 cm³/mol. The summed E-state index contributed by atoms with van der Waals surface area (Å²) in [6.45, 7) is 4.25. The van der Waals surface area contributed by atoms with Crippen LogP contribution >= 0.6 is 0 Å². The van der Waals surface area contributed by atoms with Crippen LogP contribution < -0.4 is 16.1 Å². The fraction of sp³-hybridized carbons (Fsp3) is 0.600. The smallest absolute Gasteiger partial charge is 0.342 e. The lowest BCUT2D eigenvalue weighted by molar-refractivity contribution is -0.141. The molecule has 1 aromatic heterocycles. The summed E-state index contributed by atoms with van der Waals surface area (Å²) in [5, 5.41) is 5.78. The molecule has 0 aliphatic carbocycles. The van der Waals surface area contributed by atoms with Crippen molar-refractivity contribution in [3.8, 4) is 0 Å². The number of anilines is 1. The Labute approximate surface area is 103 Å². The molecule has 0 unspecified atom stereocenters. The minimum atomic E-state index is -0.684. The number of hydrogen-bond donors (Lipinski definition) is 2. The van der Waals surface area contributed by atoms with Crippen LogP contribution in [0.15, 0.2) is 9.59 Å². The van der Waals surface area contributed by atoms with Crippen LogP contribution in [0, 0.1) is 0 Å². The Bertz CT molecular complexity index is 507. The molecule has 0 fully saturated rings. The molecule has 0 saturated carbocycles. The summed E-state index contributed by atoms with van der Waals surface area (Å²) in [5.41, 5.74) is -1.31. The Balaban J connectivity index is 2.93. The van der Waals surface area contributed by atoms with Gasteiger partial charge in [0.2, 0.25) is 5.82 Å². The van der Waals surface area contributed by atoms with Gasteiger partial charge in [-0.1, -0.05) is 6.92 Å². The number of carbonyl (C=O) groups is 1. The normalized spacial score (nSPS) is 10.1. The fourth-order valence-electron chi connectivity index (χ4n) is 1.45. The lowest BCUT2D eigenvalue weighted by Crippen LogP contribution is -2.38. The maximum atomic E-state index is 11.6. The molecule has 2 N–H and O–H groups in total. The maximum Gasteiger partial charge on any atom is 0.342 e. The first-order chi connectivity index (χ1) is 8.58. The molecule has 100 valence electrons. The molecule has 0 saturated heterocycles. The number of esters is 1. The molecule has 0 bridgehead atoms. The van der Waals surface area contributed by atoms with E-state index in [1.54, 1.807) is 6.92 Å². The molecule has 0 aliphatic heterocycles. The second-order valence-corrected chi connectivity index (χ2v) is 3.56. The van der Waals surface area contributed by atoms with Gasteiger partial charge in [0, 0.05) is 6.54 Å². The van der Waals surface area contributed by atoms with E-state index in [0.717, 1.165) is 6.42 Å². The summed E-state index contributed by atoms with van der Waals surface area (Å²) in [5.74, 6) is -0.442. The van der Waals surface area contributed by atoms with Crippen molar-refractivity contribution in [2.45, 2.75) is 20.3 Å². The molecular weight excluding hydrogens is 240 g/mol. The number of aromatic amines is 2. The van der Waals surface area contributed by atoms with E-state index < -0.39 is 17.2 Å². The minimum Gasteiger partial charge on any atom is -0.465 e. The van der Waals surface area contributed by atoms with E-state index in [2.05, 4.69) is 15.2 Å². The molecule has 0 amide bonds. The van der Waals surface area contributed by atoms with Gasteiger partial charge in [-0.05, 0) is 13.3 Å². The van der Waals surface area contributed by atoms with Crippen LogP contribution in [0.4, 0.5) is 5.82 Å². The Morgan fingerprint density at radius 2 is 2.11 bits per heavy atom. The zero-order valence-corrected chi connectivity index (χ0v) is 10.4. The van der Waals surface area contributed by atoms with Gasteiger partial charge in [-0.3, -0.25) is 14.6 Å². The van der Waals surface area contributed by atoms with Gasteiger partial charge in [0.05, 0.1) is 6.61 Å². The first-order valence-electron chi connectivity index (χ1n) is 5.68. The summed E-state index contributed by atoms with van der Waals surface area (Å²) in [4.78, 5) is 37.4. The number of ether oxygens (including phenoxy) is 1. The van der Waals surface area contributed by atoms with Crippen molar-refractivity contribution in [3.05, 3.63) is 20.8 Å². The van der Waals surface area contributed by atoms with E-state index in [9.17, 15) is 14.4 Å². The standard InChI is InChI=1S/C10H16N4O4/c1-3-5-14(6-7(15)18-4-2)8-9(16)11-10(17)13-12-8/h3-6H2,1-2H3,(H2,11,13,16,17). The van der Waals surface area contributed by atoms with Crippen molar-refractivity contribution in [1.29, 1.82) is 0 Å². The Morgan fingerprint density at radius 1 is 1.39 bits per heavy atom. The maximum absolute atomic E-state index is 11.6. The predicted octanol–water partition coefficient (Wildman–Crippen LogP) is -0.762. The summed E-state index contributed by atoms with van der Waals surface area (Å²) < 4.78 is 4.81. The number of nitrogens with one attached hydrogen (secondary N) is 2. The van der Waals surface area contributed by atoms with Crippen molar-refractivity contribution < 1.29 is 9.53 Å². The molecule has 8 nitrogen and oxygen atoms in total. The largest absolute Gasteiger partial charge is 0.465 e. The van der Waals surface area contributed by atoms with E-state index in [4.69, 9.17) is 4.74 Å². The van der Waals surface area contributed by atoms with Crippen molar-refractivity contribution in [3.63, 3.8) is 0 Å². The van der Waals surface area contributed by atoms with Gasteiger partial charge in [0.15, 0.2) is 0 Å². The molecule has 0 radical (unpaired) electrons. The second kappa shape index (κ2) is 6.58. The second-order valence-electron chi connectivity index (χ2n) is 3.56. The van der Waals surface area contributed by atoms with Crippen LogP contribution in [0.1, 0.15) is 20.3 Å². The van der Waals surface area contributed by atoms with Gasteiger partial charge in [-0.25, -0.2) is 9.89 Å². The van der Waals surface area contributed by atoms with Crippen LogP contribution in [-0.4, -0.2) is 40.8 Å². The van der Waals surface area contributed by atoms with E-state index in [0.29, 0.717) is 6.54 Å². The zero-order valence-electron chi connectivity index (χ0n) is 10.4. The topological polar surface area (TPSA) is 108 Å². The SMILES string of the molecule is CCCN(CC(=O)OCC)c1n[nH]c(=O)[nH]c1=O. The average Bonchev–Trinajstić information content (AvgIpc) is 2.29. The lowest BCUT2D eigenvalue weighted by Gasteiger charge is -2.20. The first kappa shape index (κ1) is 13.9. The molecule has 0 aromatic carbocycles.